The molecule has 72 valence electrons. The number of nitrogens with zero attached hydrogens (tertiary/aromatic N) is 4. The molecule has 0 N–H and O–H groups in total. The predicted molar refractivity (Wildman–Crippen MR) is 53.8 cm³/mol. The Morgan fingerprint density at radius 3 is 2.43 bits per heavy atom. The summed E-state index contributed by atoms with van der Waals surface area (Å²) in [6.07, 6.45) is 4.82. The minimum Gasteiger partial charge on any atom is -0.244 e. The van der Waals surface area contributed by atoms with E-state index in [1.807, 2.05) is 0 Å². The van der Waals surface area contributed by atoms with Gasteiger partial charge in [0.15, 0.2) is 5.65 Å². The highest BCUT2D eigenvalue weighted by Crippen LogP contribution is 2.24. The minimum atomic E-state index is -0.00803. The van der Waals surface area contributed by atoms with Gasteiger partial charge in [-0.05, 0) is 0 Å². The van der Waals surface area contributed by atoms with Gasteiger partial charge in [-0.2, -0.15) is 0 Å². The molecule has 4 nitrogen and oxygen atoms in total. The van der Waals surface area contributed by atoms with Crippen LogP contribution in [0.2, 0.25) is 0 Å². The van der Waals surface area contributed by atoms with Gasteiger partial charge >= 0.3 is 0 Å². The van der Waals surface area contributed by atoms with Gasteiger partial charge in [0.1, 0.15) is 12.7 Å². The lowest BCUT2D eigenvalue weighted by Crippen LogP contribution is -2.14. The van der Waals surface area contributed by atoms with Crippen LogP contribution in [0.15, 0.2) is 18.9 Å². The van der Waals surface area contributed by atoms with Gasteiger partial charge in [0.05, 0.1) is 11.1 Å². The standard InChI is InChI=1S/C10H12N4/c1-10(2,3)8-7-4-11-5-13-9(7)14-6-12-8/h4-6H,1-3H3. The average Bonchev–Trinajstić information content (AvgIpc) is 2.15. The largest absolute Gasteiger partial charge is 0.244 e. The van der Waals surface area contributed by atoms with Crippen LogP contribution in [-0.4, -0.2) is 19.9 Å². The van der Waals surface area contributed by atoms with E-state index in [4.69, 9.17) is 0 Å². The second kappa shape index (κ2) is 2.97. The molecule has 0 aromatic carbocycles. The van der Waals surface area contributed by atoms with Gasteiger partial charge in [-0.1, -0.05) is 20.8 Å². The fourth-order valence-electron chi connectivity index (χ4n) is 1.40. The Morgan fingerprint density at radius 2 is 1.71 bits per heavy atom. The van der Waals surface area contributed by atoms with E-state index in [0.717, 1.165) is 11.1 Å². The summed E-state index contributed by atoms with van der Waals surface area (Å²) < 4.78 is 0. The van der Waals surface area contributed by atoms with Crippen molar-refractivity contribution < 1.29 is 0 Å². The zero-order valence-electron chi connectivity index (χ0n) is 8.52. The smallest absolute Gasteiger partial charge is 0.166 e. The first-order chi connectivity index (χ1) is 6.59. The molecule has 0 amide bonds. The first-order valence-electron chi connectivity index (χ1n) is 4.50. The summed E-state index contributed by atoms with van der Waals surface area (Å²) in [6.45, 7) is 6.34. The molecule has 0 saturated carbocycles. The van der Waals surface area contributed by atoms with Crippen molar-refractivity contribution in [2.75, 3.05) is 0 Å². The maximum absolute atomic E-state index is 4.29. The molecule has 0 fully saturated rings. The zero-order chi connectivity index (χ0) is 10.2. The third-order valence-corrected chi connectivity index (χ3v) is 2.02. The summed E-state index contributed by atoms with van der Waals surface area (Å²) in [5, 5.41) is 0.933. The molecule has 14 heavy (non-hydrogen) atoms. The topological polar surface area (TPSA) is 51.6 Å². The quantitative estimate of drug-likeness (QED) is 0.631. The molecule has 0 radical (unpaired) electrons. The highest BCUT2D eigenvalue weighted by atomic mass is 14.9. The molecule has 2 heterocycles. The normalized spacial score (nSPS) is 11.9. The molecule has 0 aliphatic heterocycles. The Labute approximate surface area is 82.5 Å². The van der Waals surface area contributed by atoms with Crippen LogP contribution in [-0.2, 0) is 5.41 Å². The molecule has 4 heteroatoms. The molecule has 0 aliphatic rings. The summed E-state index contributed by atoms with van der Waals surface area (Å²) in [5.74, 6) is 0. The Balaban J connectivity index is 2.78. The van der Waals surface area contributed by atoms with Crippen LogP contribution in [0.5, 0.6) is 0 Å². The van der Waals surface area contributed by atoms with Crippen LogP contribution in [0.25, 0.3) is 11.0 Å². The molecular formula is C10H12N4. The molecule has 0 atom stereocenters. The Hall–Kier alpha value is -1.58. The van der Waals surface area contributed by atoms with E-state index in [1.165, 1.54) is 6.33 Å². The number of hydrogen-bond acceptors (Lipinski definition) is 4. The number of aromatic nitrogens is 4. The highest BCUT2D eigenvalue weighted by molar-refractivity contribution is 5.76. The molecule has 0 bridgehead atoms. The van der Waals surface area contributed by atoms with Crippen LogP contribution in [0.4, 0.5) is 0 Å². The number of hydrogen-bond donors (Lipinski definition) is 0. The number of fused-ring (bicyclic) bond motifs is 1. The van der Waals surface area contributed by atoms with Crippen molar-refractivity contribution >= 4 is 11.0 Å². The van der Waals surface area contributed by atoms with E-state index in [2.05, 4.69) is 40.7 Å². The van der Waals surface area contributed by atoms with E-state index in [-0.39, 0.29) is 5.41 Å². The molecule has 2 aromatic rings. The monoisotopic (exact) mass is 188 g/mol. The maximum atomic E-state index is 4.29. The second-order valence-electron chi connectivity index (χ2n) is 4.23. The third-order valence-electron chi connectivity index (χ3n) is 2.02. The summed E-state index contributed by atoms with van der Waals surface area (Å²) in [4.78, 5) is 16.5. The van der Waals surface area contributed by atoms with E-state index in [9.17, 15) is 0 Å². The molecule has 0 spiro atoms. The van der Waals surface area contributed by atoms with Crippen LogP contribution >= 0.6 is 0 Å². The molecule has 2 rings (SSSR count). The highest BCUT2D eigenvalue weighted by Gasteiger charge is 2.19. The van der Waals surface area contributed by atoms with Gasteiger partial charge in [-0.3, -0.25) is 0 Å². The molecule has 0 unspecified atom stereocenters. The van der Waals surface area contributed by atoms with Crippen molar-refractivity contribution in [1.29, 1.82) is 0 Å². The van der Waals surface area contributed by atoms with Crippen molar-refractivity contribution in [3.63, 3.8) is 0 Å². The lowest BCUT2D eigenvalue weighted by Gasteiger charge is -2.18. The zero-order valence-corrected chi connectivity index (χ0v) is 8.52. The van der Waals surface area contributed by atoms with E-state index in [0.29, 0.717) is 5.65 Å². The van der Waals surface area contributed by atoms with Crippen LogP contribution < -0.4 is 0 Å². The van der Waals surface area contributed by atoms with Crippen molar-refractivity contribution in [3.8, 4) is 0 Å². The SMILES string of the molecule is CC(C)(C)c1ncnc2ncncc12. The van der Waals surface area contributed by atoms with Gasteiger partial charge in [0.2, 0.25) is 0 Å². The molecule has 0 aliphatic carbocycles. The predicted octanol–water partition coefficient (Wildman–Crippen LogP) is 1.72. The van der Waals surface area contributed by atoms with Crippen molar-refractivity contribution in [2.45, 2.75) is 26.2 Å². The first kappa shape index (κ1) is 8.99. The van der Waals surface area contributed by atoms with Crippen LogP contribution in [0.1, 0.15) is 26.5 Å². The van der Waals surface area contributed by atoms with Crippen molar-refractivity contribution in [2.24, 2.45) is 0 Å². The summed E-state index contributed by atoms with van der Waals surface area (Å²) in [5.41, 5.74) is 1.69. The minimum absolute atomic E-state index is 0.00803. The Kier molecular flexibility index (Phi) is 1.91. The van der Waals surface area contributed by atoms with Gasteiger partial charge in [0.25, 0.3) is 0 Å². The molecular weight excluding hydrogens is 176 g/mol. The lowest BCUT2D eigenvalue weighted by molar-refractivity contribution is 0.573. The van der Waals surface area contributed by atoms with Crippen molar-refractivity contribution in [3.05, 3.63) is 24.5 Å². The van der Waals surface area contributed by atoms with Gasteiger partial charge < -0.3 is 0 Å². The van der Waals surface area contributed by atoms with E-state index in [1.54, 1.807) is 12.5 Å². The Morgan fingerprint density at radius 1 is 1.00 bits per heavy atom. The fraction of sp³-hybridized carbons (Fsp3) is 0.400. The van der Waals surface area contributed by atoms with E-state index < -0.39 is 0 Å². The van der Waals surface area contributed by atoms with Gasteiger partial charge in [0, 0.05) is 11.6 Å². The van der Waals surface area contributed by atoms with Crippen LogP contribution in [0.3, 0.4) is 0 Å². The fourth-order valence-corrected chi connectivity index (χ4v) is 1.40. The molecule has 2 aromatic heterocycles. The maximum Gasteiger partial charge on any atom is 0.166 e. The summed E-state index contributed by atoms with van der Waals surface area (Å²) in [6, 6.07) is 0. The second-order valence-corrected chi connectivity index (χ2v) is 4.23. The van der Waals surface area contributed by atoms with Crippen LogP contribution in [0, 0.1) is 0 Å². The molecule has 0 saturated heterocycles. The van der Waals surface area contributed by atoms with Gasteiger partial charge in [-0.15, -0.1) is 0 Å². The lowest BCUT2D eigenvalue weighted by atomic mass is 9.90. The summed E-state index contributed by atoms with van der Waals surface area (Å²) >= 11 is 0. The number of rotatable bonds is 0. The Bertz CT molecular complexity index is 454. The van der Waals surface area contributed by atoms with Gasteiger partial charge in [-0.25, -0.2) is 19.9 Å². The van der Waals surface area contributed by atoms with Crippen molar-refractivity contribution in [1.82, 2.24) is 19.9 Å². The third kappa shape index (κ3) is 1.43. The summed E-state index contributed by atoms with van der Waals surface area (Å²) in [7, 11) is 0. The van der Waals surface area contributed by atoms with E-state index >= 15 is 0 Å². The average molecular weight is 188 g/mol. The first-order valence-corrected chi connectivity index (χ1v) is 4.50.